The Hall–Kier alpha value is -5.28. The summed E-state index contributed by atoms with van der Waals surface area (Å²) >= 11 is 0. The number of phenolic OH excluding ortho intramolecular Hbond substituents is 6. The van der Waals surface area contributed by atoms with Crippen LogP contribution >= 0.6 is 0 Å². The molecule has 0 radical (unpaired) electrons. The van der Waals surface area contributed by atoms with Crippen molar-refractivity contribution in [3.8, 4) is 45.8 Å². The smallest absolute Gasteiger partial charge is 0.331 e. The van der Waals surface area contributed by atoms with Gasteiger partial charge in [-0.3, -0.25) is 4.79 Å². The Kier molecular flexibility index (Phi) is 8.08. The molecular weight excluding hydrogens is 584 g/mol. The van der Waals surface area contributed by atoms with Gasteiger partial charge in [0.15, 0.2) is 34.5 Å². The van der Waals surface area contributed by atoms with E-state index in [2.05, 4.69) is 0 Å². The van der Waals surface area contributed by atoms with Gasteiger partial charge in [-0.25, -0.2) is 4.79 Å². The molecule has 9 N–H and O–H groups in total. The summed E-state index contributed by atoms with van der Waals surface area (Å²) in [4.78, 5) is 25.9. The summed E-state index contributed by atoms with van der Waals surface area (Å²) in [5.74, 6) is -4.51. The molecule has 1 saturated heterocycles. The minimum absolute atomic E-state index is 0.0855. The maximum absolute atomic E-state index is 13.1. The first kappa shape index (κ1) is 30.2. The fourth-order valence-electron chi connectivity index (χ4n) is 4.84. The number of fused-ring (bicyclic) bond motifs is 1. The van der Waals surface area contributed by atoms with Crippen molar-refractivity contribution in [2.45, 2.75) is 30.5 Å². The second-order valence-corrected chi connectivity index (χ2v) is 9.95. The van der Waals surface area contributed by atoms with E-state index in [-0.39, 0.29) is 28.2 Å². The lowest BCUT2D eigenvalue weighted by Gasteiger charge is -2.42. The summed E-state index contributed by atoms with van der Waals surface area (Å²) in [6.07, 6.45) is -6.55. The molecule has 1 aromatic heterocycles. The predicted molar refractivity (Wildman–Crippen MR) is 150 cm³/mol. The number of benzene rings is 3. The maximum Gasteiger partial charge on any atom is 0.331 e. The van der Waals surface area contributed by atoms with Crippen molar-refractivity contribution < 1.29 is 64.6 Å². The fraction of sp³-hybridized carbons (Fsp3) is 0.200. The Morgan fingerprint density at radius 1 is 0.841 bits per heavy atom. The van der Waals surface area contributed by atoms with E-state index in [4.69, 9.17) is 13.9 Å². The predicted octanol–water partition coefficient (Wildman–Crippen LogP) is 1.47. The highest BCUT2D eigenvalue weighted by Crippen LogP contribution is 2.45. The molecule has 14 nitrogen and oxygen atoms in total. The standard InChI is InChI=1S/C30H26O14/c31-11-22-26(39)28(41)30(44-23(38)6-2-12-1-4-14(32)16(34)7-12)29(43-22)25-19(37)10-21-24(27(25)40)18(36)9-20(42-21)13-3-5-15(33)17(35)8-13/h1-10,22,26,28-35,37,39-41H,11H2. The molecule has 5 rings (SSSR count). The summed E-state index contributed by atoms with van der Waals surface area (Å²) in [6.45, 7) is -0.820. The van der Waals surface area contributed by atoms with Crippen molar-refractivity contribution in [3.63, 3.8) is 0 Å². The molecule has 230 valence electrons. The normalized spacial score (nSPS) is 21.9. The molecule has 1 aliphatic heterocycles. The number of hydrogen-bond acceptors (Lipinski definition) is 14. The van der Waals surface area contributed by atoms with E-state index in [9.17, 15) is 55.5 Å². The molecule has 5 unspecified atom stereocenters. The molecule has 0 spiro atoms. The first-order chi connectivity index (χ1) is 20.9. The monoisotopic (exact) mass is 610 g/mol. The molecule has 0 amide bonds. The van der Waals surface area contributed by atoms with Crippen LogP contribution in [0.15, 0.2) is 63.8 Å². The van der Waals surface area contributed by atoms with E-state index >= 15 is 0 Å². The molecule has 4 aromatic rings. The summed E-state index contributed by atoms with van der Waals surface area (Å²) in [6, 6.07) is 9.29. The van der Waals surface area contributed by atoms with Crippen LogP contribution in [0.4, 0.5) is 0 Å². The second kappa shape index (κ2) is 11.8. The van der Waals surface area contributed by atoms with Crippen LogP contribution in [0.5, 0.6) is 34.5 Å². The number of phenols is 6. The lowest BCUT2D eigenvalue weighted by Crippen LogP contribution is -2.56. The third kappa shape index (κ3) is 5.57. The molecule has 44 heavy (non-hydrogen) atoms. The molecular formula is C30H26O14. The Morgan fingerprint density at radius 2 is 1.52 bits per heavy atom. The molecule has 0 bridgehead atoms. The van der Waals surface area contributed by atoms with Gasteiger partial charge in [-0.15, -0.1) is 0 Å². The third-order valence-corrected chi connectivity index (χ3v) is 7.09. The van der Waals surface area contributed by atoms with E-state index in [1.165, 1.54) is 24.3 Å². The number of esters is 1. The zero-order chi connectivity index (χ0) is 31.9. The lowest BCUT2D eigenvalue weighted by molar-refractivity contribution is -0.240. The van der Waals surface area contributed by atoms with Crippen molar-refractivity contribution in [3.05, 3.63) is 76.0 Å². The van der Waals surface area contributed by atoms with Crippen LogP contribution in [-0.4, -0.2) is 83.0 Å². The Bertz CT molecular complexity index is 1830. The molecule has 1 aliphatic rings. The summed E-state index contributed by atoms with van der Waals surface area (Å²) < 4.78 is 16.7. The quantitative estimate of drug-likeness (QED) is 0.0852. The molecule has 5 atom stereocenters. The lowest BCUT2D eigenvalue weighted by atomic mass is 9.89. The van der Waals surface area contributed by atoms with Crippen LogP contribution in [0.25, 0.3) is 28.4 Å². The van der Waals surface area contributed by atoms with Crippen molar-refractivity contribution in [2.75, 3.05) is 6.61 Å². The molecule has 3 aromatic carbocycles. The van der Waals surface area contributed by atoms with Gasteiger partial charge < -0.3 is 59.8 Å². The highest BCUT2D eigenvalue weighted by atomic mass is 16.6. The summed E-state index contributed by atoms with van der Waals surface area (Å²) in [5, 5.41) is 91.2. The Balaban J connectivity index is 1.54. The number of hydrogen-bond donors (Lipinski definition) is 9. The van der Waals surface area contributed by atoms with E-state index < -0.39 is 88.2 Å². The number of aliphatic hydroxyl groups excluding tert-OH is 3. The van der Waals surface area contributed by atoms with Gasteiger partial charge in [0.05, 0.1) is 12.2 Å². The second-order valence-electron chi connectivity index (χ2n) is 9.95. The van der Waals surface area contributed by atoms with E-state index in [0.717, 1.165) is 36.4 Å². The number of aliphatic hydroxyl groups is 3. The van der Waals surface area contributed by atoms with Gasteiger partial charge in [0.2, 0.25) is 0 Å². The highest BCUT2D eigenvalue weighted by molar-refractivity contribution is 5.89. The largest absolute Gasteiger partial charge is 0.507 e. The fourth-order valence-corrected chi connectivity index (χ4v) is 4.84. The maximum atomic E-state index is 13.1. The van der Waals surface area contributed by atoms with E-state index in [1.807, 2.05) is 0 Å². The summed E-state index contributed by atoms with van der Waals surface area (Å²) in [5.41, 5.74) is -1.16. The van der Waals surface area contributed by atoms with Crippen LogP contribution in [0, 0.1) is 0 Å². The first-order valence-electron chi connectivity index (χ1n) is 13.0. The van der Waals surface area contributed by atoms with Gasteiger partial charge in [-0.1, -0.05) is 6.07 Å². The van der Waals surface area contributed by atoms with Crippen molar-refractivity contribution in [1.29, 1.82) is 0 Å². The van der Waals surface area contributed by atoms with Crippen molar-refractivity contribution in [2.24, 2.45) is 0 Å². The minimum atomic E-state index is -1.91. The van der Waals surface area contributed by atoms with Gasteiger partial charge in [-0.05, 0) is 42.0 Å². The molecule has 1 fully saturated rings. The SMILES string of the molecule is O=C(C=Cc1ccc(O)c(O)c1)OC1C(c2c(O)cc3oc(-c4ccc(O)c(O)c4)cc(=O)c3c2O)OC(CO)C(O)C1O. The average molecular weight is 611 g/mol. The molecule has 0 aliphatic carbocycles. The minimum Gasteiger partial charge on any atom is -0.507 e. The molecule has 0 saturated carbocycles. The topological polar surface area (TPSA) is 248 Å². The van der Waals surface area contributed by atoms with Gasteiger partial charge >= 0.3 is 5.97 Å². The number of ether oxygens (including phenoxy) is 2. The summed E-state index contributed by atoms with van der Waals surface area (Å²) in [7, 11) is 0. The van der Waals surface area contributed by atoms with Crippen LogP contribution in [0.2, 0.25) is 0 Å². The first-order valence-corrected chi connectivity index (χ1v) is 13.0. The highest BCUT2D eigenvalue weighted by Gasteiger charge is 2.49. The van der Waals surface area contributed by atoms with Gasteiger partial charge in [0, 0.05) is 23.8 Å². The average Bonchev–Trinajstić information content (AvgIpc) is 2.98. The van der Waals surface area contributed by atoms with E-state index in [1.54, 1.807) is 0 Å². The van der Waals surface area contributed by atoms with Crippen LogP contribution in [-0.2, 0) is 14.3 Å². The van der Waals surface area contributed by atoms with Gasteiger partial charge in [-0.2, -0.15) is 0 Å². The number of aromatic hydroxyl groups is 6. The van der Waals surface area contributed by atoms with Gasteiger partial charge in [0.25, 0.3) is 0 Å². The molecule has 14 heteroatoms. The third-order valence-electron chi connectivity index (χ3n) is 7.09. The van der Waals surface area contributed by atoms with Crippen LogP contribution in [0.1, 0.15) is 17.2 Å². The van der Waals surface area contributed by atoms with Crippen molar-refractivity contribution >= 4 is 23.0 Å². The van der Waals surface area contributed by atoms with Crippen LogP contribution < -0.4 is 5.43 Å². The zero-order valence-corrected chi connectivity index (χ0v) is 22.4. The zero-order valence-electron chi connectivity index (χ0n) is 22.4. The Labute approximate surface area is 246 Å². The number of rotatable bonds is 6. The molecule has 2 heterocycles. The van der Waals surface area contributed by atoms with Crippen molar-refractivity contribution in [1.82, 2.24) is 0 Å². The van der Waals surface area contributed by atoms with Gasteiger partial charge in [0.1, 0.15) is 52.6 Å². The van der Waals surface area contributed by atoms with E-state index in [0.29, 0.717) is 0 Å². The number of carbonyl (C=O) groups excluding carboxylic acids is 1. The number of carbonyl (C=O) groups is 1. The van der Waals surface area contributed by atoms with Crippen LogP contribution in [0.3, 0.4) is 0 Å². The Morgan fingerprint density at radius 3 is 2.18 bits per heavy atom.